The van der Waals surface area contributed by atoms with E-state index in [1.165, 1.54) is 4.68 Å². The van der Waals surface area contributed by atoms with Gasteiger partial charge in [-0.2, -0.15) is 5.10 Å². The van der Waals surface area contributed by atoms with Crippen LogP contribution in [-0.4, -0.2) is 29.0 Å². The maximum atomic E-state index is 11.7. The number of halogens is 1. The number of hydrogen-bond acceptors (Lipinski definition) is 4. The van der Waals surface area contributed by atoms with Gasteiger partial charge in [-0.05, 0) is 26.2 Å². The van der Waals surface area contributed by atoms with Crippen LogP contribution < -0.4 is 10.9 Å². The van der Waals surface area contributed by atoms with Crippen LogP contribution in [0, 0.1) is 0 Å². The summed E-state index contributed by atoms with van der Waals surface area (Å²) in [5, 5.41) is 7.39. The highest BCUT2D eigenvalue weighted by molar-refractivity contribution is 6.32. The van der Waals surface area contributed by atoms with Crippen LogP contribution in [0.5, 0.6) is 0 Å². The largest absolute Gasteiger partial charge is 0.382 e. The molecule has 1 unspecified atom stereocenters. The molecule has 0 radical (unpaired) electrons. The van der Waals surface area contributed by atoms with Gasteiger partial charge in [-0.15, -0.1) is 0 Å². The van der Waals surface area contributed by atoms with E-state index < -0.39 is 0 Å². The average molecular weight is 272 g/mol. The summed E-state index contributed by atoms with van der Waals surface area (Å²) in [6.45, 7) is 3.98. The number of rotatable bonds is 5. The van der Waals surface area contributed by atoms with E-state index in [1.807, 2.05) is 6.92 Å². The predicted molar refractivity (Wildman–Crippen MR) is 71.3 cm³/mol. The van der Waals surface area contributed by atoms with Crippen molar-refractivity contribution in [1.29, 1.82) is 0 Å². The van der Waals surface area contributed by atoms with Gasteiger partial charge in [0.1, 0.15) is 5.02 Å². The number of aromatic nitrogens is 2. The van der Waals surface area contributed by atoms with Gasteiger partial charge in [0.05, 0.1) is 18.0 Å². The van der Waals surface area contributed by atoms with E-state index in [0.29, 0.717) is 18.3 Å². The van der Waals surface area contributed by atoms with Gasteiger partial charge < -0.3 is 10.1 Å². The van der Waals surface area contributed by atoms with E-state index >= 15 is 0 Å². The van der Waals surface area contributed by atoms with Crippen LogP contribution >= 0.6 is 11.6 Å². The lowest BCUT2D eigenvalue weighted by Crippen LogP contribution is -2.24. The molecular weight excluding hydrogens is 254 g/mol. The standard InChI is InChI=1S/C12H18ClN3O2/c1-2-16-12(17)11(13)10(8-15-16)14-6-5-9-4-3-7-18-9/h8-9,14H,2-7H2,1H3. The van der Waals surface area contributed by atoms with E-state index in [2.05, 4.69) is 10.4 Å². The smallest absolute Gasteiger partial charge is 0.287 e. The number of nitrogens with zero attached hydrogens (tertiary/aromatic N) is 2. The van der Waals surface area contributed by atoms with Crippen LogP contribution in [0.3, 0.4) is 0 Å². The second kappa shape index (κ2) is 6.20. The molecule has 5 nitrogen and oxygen atoms in total. The van der Waals surface area contributed by atoms with Gasteiger partial charge >= 0.3 is 0 Å². The lowest BCUT2D eigenvalue weighted by atomic mass is 10.2. The maximum absolute atomic E-state index is 11.7. The Morgan fingerprint density at radius 3 is 3.17 bits per heavy atom. The van der Waals surface area contributed by atoms with Crippen molar-refractivity contribution in [2.75, 3.05) is 18.5 Å². The van der Waals surface area contributed by atoms with Crippen molar-refractivity contribution < 1.29 is 4.74 Å². The quantitative estimate of drug-likeness (QED) is 0.889. The average Bonchev–Trinajstić information content (AvgIpc) is 2.88. The molecule has 0 aliphatic carbocycles. The van der Waals surface area contributed by atoms with Crippen LogP contribution in [0.15, 0.2) is 11.0 Å². The fourth-order valence-electron chi connectivity index (χ4n) is 2.05. The summed E-state index contributed by atoms with van der Waals surface area (Å²) in [4.78, 5) is 11.7. The van der Waals surface area contributed by atoms with Gasteiger partial charge in [0, 0.05) is 19.7 Å². The Morgan fingerprint density at radius 2 is 2.50 bits per heavy atom. The van der Waals surface area contributed by atoms with Gasteiger partial charge in [-0.25, -0.2) is 4.68 Å². The third-order valence-corrected chi connectivity index (χ3v) is 3.46. The molecule has 2 rings (SSSR count). The molecular formula is C12H18ClN3O2. The van der Waals surface area contributed by atoms with E-state index in [4.69, 9.17) is 16.3 Å². The lowest BCUT2D eigenvalue weighted by Gasteiger charge is -2.12. The van der Waals surface area contributed by atoms with E-state index in [-0.39, 0.29) is 10.6 Å². The summed E-state index contributed by atoms with van der Waals surface area (Å²) < 4.78 is 6.87. The molecule has 1 aromatic heterocycles. The normalized spacial score (nSPS) is 19.1. The fraction of sp³-hybridized carbons (Fsp3) is 0.667. The molecule has 1 N–H and O–H groups in total. The van der Waals surface area contributed by atoms with E-state index in [1.54, 1.807) is 6.20 Å². The van der Waals surface area contributed by atoms with Gasteiger partial charge in [0.15, 0.2) is 0 Å². The van der Waals surface area contributed by atoms with E-state index in [9.17, 15) is 4.79 Å². The predicted octanol–water partition coefficient (Wildman–Crippen LogP) is 1.90. The second-order valence-electron chi connectivity index (χ2n) is 4.34. The number of aryl methyl sites for hydroxylation is 1. The van der Waals surface area contributed by atoms with Crippen molar-refractivity contribution in [1.82, 2.24) is 9.78 Å². The third-order valence-electron chi connectivity index (χ3n) is 3.09. The number of hydrogen-bond donors (Lipinski definition) is 1. The summed E-state index contributed by atoms with van der Waals surface area (Å²) in [5.74, 6) is 0. The molecule has 1 aliphatic rings. The van der Waals surface area contributed by atoms with Crippen molar-refractivity contribution in [3.05, 3.63) is 21.6 Å². The zero-order chi connectivity index (χ0) is 13.0. The number of ether oxygens (including phenoxy) is 1. The summed E-state index contributed by atoms with van der Waals surface area (Å²) in [6.07, 6.45) is 5.11. The van der Waals surface area contributed by atoms with Gasteiger partial charge in [-0.3, -0.25) is 4.79 Å². The Hall–Kier alpha value is -1.07. The van der Waals surface area contributed by atoms with E-state index in [0.717, 1.165) is 32.4 Å². The summed E-state index contributed by atoms with van der Waals surface area (Å²) in [5.41, 5.74) is 0.352. The zero-order valence-corrected chi connectivity index (χ0v) is 11.2. The number of anilines is 1. The first kappa shape index (κ1) is 13.4. The van der Waals surface area contributed by atoms with Crippen LogP contribution in [0.1, 0.15) is 26.2 Å². The van der Waals surface area contributed by atoms with Gasteiger partial charge in [0.2, 0.25) is 0 Å². The molecule has 18 heavy (non-hydrogen) atoms. The van der Waals surface area contributed by atoms with Crippen molar-refractivity contribution in [3.8, 4) is 0 Å². The molecule has 0 saturated carbocycles. The molecule has 100 valence electrons. The molecule has 2 heterocycles. The minimum Gasteiger partial charge on any atom is -0.382 e. The molecule has 1 aliphatic heterocycles. The summed E-state index contributed by atoms with van der Waals surface area (Å²) in [6, 6.07) is 0. The second-order valence-corrected chi connectivity index (χ2v) is 4.72. The molecule has 0 aromatic carbocycles. The van der Waals surface area contributed by atoms with Crippen LogP contribution in [0.25, 0.3) is 0 Å². The Kier molecular flexibility index (Phi) is 4.60. The highest BCUT2D eigenvalue weighted by atomic mass is 35.5. The van der Waals surface area contributed by atoms with Gasteiger partial charge in [-0.1, -0.05) is 11.6 Å². The van der Waals surface area contributed by atoms with Crippen molar-refractivity contribution in [2.24, 2.45) is 0 Å². The lowest BCUT2D eigenvalue weighted by molar-refractivity contribution is 0.107. The summed E-state index contributed by atoms with van der Waals surface area (Å²) >= 11 is 6.01. The molecule has 0 bridgehead atoms. The molecule has 1 atom stereocenters. The molecule has 0 amide bonds. The number of nitrogens with one attached hydrogen (secondary N) is 1. The Labute approximate surface area is 111 Å². The minimum atomic E-state index is -0.249. The molecule has 6 heteroatoms. The minimum absolute atomic E-state index is 0.208. The molecule has 1 aromatic rings. The van der Waals surface area contributed by atoms with Crippen molar-refractivity contribution in [2.45, 2.75) is 38.8 Å². The third kappa shape index (κ3) is 3.03. The SMILES string of the molecule is CCn1ncc(NCCC2CCCO2)c(Cl)c1=O. The monoisotopic (exact) mass is 271 g/mol. The first-order valence-electron chi connectivity index (χ1n) is 6.33. The Morgan fingerprint density at radius 1 is 1.67 bits per heavy atom. The van der Waals surface area contributed by atoms with Crippen LogP contribution in [0.4, 0.5) is 5.69 Å². The zero-order valence-electron chi connectivity index (χ0n) is 10.5. The first-order chi connectivity index (χ1) is 8.72. The van der Waals surface area contributed by atoms with Crippen LogP contribution in [0.2, 0.25) is 5.02 Å². The highest BCUT2D eigenvalue weighted by Crippen LogP contribution is 2.18. The molecule has 0 spiro atoms. The maximum Gasteiger partial charge on any atom is 0.287 e. The van der Waals surface area contributed by atoms with Crippen LogP contribution in [-0.2, 0) is 11.3 Å². The van der Waals surface area contributed by atoms with Crippen molar-refractivity contribution in [3.63, 3.8) is 0 Å². The molecule has 1 fully saturated rings. The fourth-order valence-corrected chi connectivity index (χ4v) is 2.27. The summed E-state index contributed by atoms with van der Waals surface area (Å²) in [7, 11) is 0. The Balaban J connectivity index is 1.93. The first-order valence-corrected chi connectivity index (χ1v) is 6.71. The van der Waals surface area contributed by atoms with Crippen molar-refractivity contribution >= 4 is 17.3 Å². The highest BCUT2D eigenvalue weighted by Gasteiger charge is 2.15. The van der Waals surface area contributed by atoms with Gasteiger partial charge in [0.25, 0.3) is 5.56 Å². The Bertz CT molecular complexity index is 455. The molecule has 1 saturated heterocycles. The topological polar surface area (TPSA) is 56.1 Å².